The minimum Gasteiger partial charge on any atom is -0.481 e. The zero-order chi connectivity index (χ0) is 17.9. The van der Waals surface area contributed by atoms with Crippen molar-refractivity contribution in [3.8, 4) is 5.75 Å². The third-order valence-corrected chi connectivity index (χ3v) is 4.14. The quantitative estimate of drug-likeness (QED) is 0.893. The van der Waals surface area contributed by atoms with Crippen LogP contribution in [0.25, 0.3) is 0 Å². The van der Waals surface area contributed by atoms with E-state index in [1.807, 2.05) is 25.1 Å². The minimum absolute atomic E-state index is 0.00941. The highest BCUT2D eigenvalue weighted by atomic mass is 16.5. The van der Waals surface area contributed by atoms with Crippen LogP contribution in [-0.2, 0) is 14.3 Å². The minimum atomic E-state index is -1.06. The first kappa shape index (κ1) is 18.3. The van der Waals surface area contributed by atoms with Crippen molar-refractivity contribution in [2.24, 2.45) is 0 Å². The van der Waals surface area contributed by atoms with E-state index in [1.165, 1.54) is 4.90 Å². The summed E-state index contributed by atoms with van der Waals surface area (Å²) in [5, 5.41) is 9.27. The molecule has 1 heterocycles. The van der Waals surface area contributed by atoms with Crippen LogP contribution in [0.1, 0.15) is 37.8 Å². The Hall–Kier alpha value is -2.08. The molecular weight excluding hydrogens is 310 g/mol. The predicted molar refractivity (Wildman–Crippen MR) is 89.3 cm³/mol. The number of morpholine rings is 1. The molecule has 1 aliphatic heterocycles. The van der Waals surface area contributed by atoms with E-state index in [-0.39, 0.29) is 25.0 Å². The number of amides is 1. The number of hydrogen-bond acceptors (Lipinski definition) is 4. The number of rotatable bonds is 5. The van der Waals surface area contributed by atoms with E-state index in [0.29, 0.717) is 12.4 Å². The summed E-state index contributed by atoms with van der Waals surface area (Å²) in [4.78, 5) is 25.3. The largest absolute Gasteiger partial charge is 0.481 e. The van der Waals surface area contributed by atoms with Gasteiger partial charge in [0.25, 0.3) is 5.91 Å². The van der Waals surface area contributed by atoms with Gasteiger partial charge in [-0.2, -0.15) is 0 Å². The molecule has 1 aliphatic rings. The Morgan fingerprint density at radius 3 is 2.67 bits per heavy atom. The number of aliphatic carboxylic acids is 1. The van der Waals surface area contributed by atoms with E-state index in [4.69, 9.17) is 9.47 Å². The van der Waals surface area contributed by atoms with Crippen LogP contribution < -0.4 is 4.74 Å². The molecule has 6 nitrogen and oxygen atoms in total. The molecule has 1 saturated heterocycles. The SMILES string of the molecule is Cc1ccc(C(C)C)c(OC(C)C(=O)N2CCOCC2C(=O)O)c1. The van der Waals surface area contributed by atoms with Gasteiger partial charge in [0, 0.05) is 6.54 Å². The number of carboxylic acid groups (broad SMARTS) is 1. The molecule has 1 fully saturated rings. The topological polar surface area (TPSA) is 76.1 Å². The Morgan fingerprint density at radius 2 is 2.04 bits per heavy atom. The molecule has 0 aliphatic carbocycles. The van der Waals surface area contributed by atoms with Gasteiger partial charge in [-0.25, -0.2) is 4.79 Å². The average molecular weight is 335 g/mol. The van der Waals surface area contributed by atoms with Crippen LogP contribution in [0.5, 0.6) is 5.75 Å². The number of ether oxygens (including phenoxy) is 2. The molecule has 0 aromatic heterocycles. The fourth-order valence-corrected chi connectivity index (χ4v) is 2.77. The fourth-order valence-electron chi connectivity index (χ4n) is 2.77. The summed E-state index contributed by atoms with van der Waals surface area (Å²) in [6.45, 7) is 8.35. The Morgan fingerprint density at radius 1 is 1.33 bits per heavy atom. The Kier molecular flexibility index (Phi) is 5.83. The van der Waals surface area contributed by atoms with Gasteiger partial charge in [-0.1, -0.05) is 26.0 Å². The number of benzene rings is 1. The number of aryl methyl sites for hydroxylation is 1. The monoisotopic (exact) mass is 335 g/mol. The maximum atomic E-state index is 12.7. The highest BCUT2D eigenvalue weighted by molar-refractivity contribution is 5.86. The second-order valence-electron chi connectivity index (χ2n) is 6.42. The third-order valence-electron chi connectivity index (χ3n) is 4.14. The summed E-state index contributed by atoms with van der Waals surface area (Å²) >= 11 is 0. The molecule has 0 spiro atoms. The number of carbonyl (C=O) groups is 2. The summed E-state index contributed by atoms with van der Waals surface area (Å²) in [5.41, 5.74) is 2.07. The van der Waals surface area contributed by atoms with Crippen LogP contribution in [0.4, 0.5) is 0 Å². The maximum absolute atomic E-state index is 12.7. The van der Waals surface area contributed by atoms with E-state index >= 15 is 0 Å². The second-order valence-corrected chi connectivity index (χ2v) is 6.42. The molecule has 0 bridgehead atoms. The Labute approximate surface area is 142 Å². The van der Waals surface area contributed by atoms with E-state index < -0.39 is 18.1 Å². The van der Waals surface area contributed by atoms with Crippen molar-refractivity contribution in [2.75, 3.05) is 19.8 Å². The summed E-state index contributed by atoms with van der Waals surface area (Å²) in [5.74, 6) is -0.459. The molecular formula is C18H25NO5. The number of carbonyl (C=O) groups excluding carboxylic acids is 1. The Bertz CT molecular complexity index is 613. The highest BCUT2D eigenvalue weighted by Gasteiger charge is 2.35. The number of hydrogen-bond donors (Lipinski definition) is 1. The molecule has 132 valence electrons. The van der Waals surface area contributed by atoms with Crippen molar-refractivity contribution < 1.29 is 24.2 Å². The fraction of sp³-hybridized carbons (Fsp3) is 0.556. The first-order valence-corrected chi connectivity index (χ1v) is 8.19. The van der Waals surface area contributed by atoms with E-state index in [9.17, 15) is 14.7 Å². The van der Waals surface area contributed by atoms with Crippen LogP contribution in [0, 0.1) is 6.92 Å². The van der Waals surface area contributed by atoms with Crippen LogP contribution in [-0.4, -0.2) is 53.8 Å². The zero-order valence-electron chi connectivity index (χ0n) is 14.6. The van der Waals surface area contributed by atoms with Gasteiger partial charge in [0.2, 0.25) is 0 Å². The van der Waals surface area contributed by atoms with E-state index in [1.54, 1.807) is 6.92 Å². The van der Waals surface area contributed by atoms with Gasteiger partial charge in [0.15, 0.2) is 12.1 Å². The van der Waals surface area contributed by atoms with Gasteiger partial charge >= 0.3 is 5.97 Å². The van der Waals surface area contributed by atoms with Gasteiger partial charge in [0.05, 0.1) is 13.2 Å². The van der Waals surface area contributed by atoms with Gasteiger partial charge in [-0.05, 0) is 37.0 Å². The molecule has 24 heavy (non-hydrogen) atoms. The van der Waals surface area contributed by atoms with Crippen molar-refractivity contribution in [2.45, 2.75) is 45.8 Å². The van der Waals surface area contributed by atoms with Crippen molar-refractivity contribution in [3.63, 3.8) is 0 Å². The van der Waals surface area contributed by atoms with Crippen molar-refractivity contribution in [1.29, 1.82) is 0 Å². The van der Waals surface area contributed by atoms with Gasteiger partial charge in [0.1, 0.15) is 5.75 Å². The molecule has 6 heteroatoms. The second kappa shape index (κ2) is 7.66. The zero-order valence-corrected chi connectivity index (χ0v) is 14.6. The summed E-state index contributed by atoms with van der Waals surface area (Å²) in [6.07, 6.45) is -0.760. The predicted octanol–water partition coefficient (Wildman–Crippen LogP) is 2.20. The normalized spacial score (nSPS) is 19.2. The van der Waals surface area contributed by atoms with Crippen molar-refractivity contribution in [1.82, 2.24) is 4.90 Å². The summed E-state index contributed by atoms with van der Waals surface area (Å²) in [7, 11) is 0. The van der Waals surface area contributed by atoms with E-state index in [2.05, 4.69) is 13.8 Å². The van der Waals surface area contributed by atoms with Crippen molar-refractivity contribution >= 4 is 11.9 Å². The molecule has 1 aromatic carbocycles. The van der Waals surface area contributed by atoms with Gasteiger partial charge in [-0.15, -0.1) is 0 Å². The van der Waals surface area contributed by atoms with Gasteiger partial charge < -0.3 is 19.5 Å². The molecule has 2 atom stereocenters. The average Bonchev–Trinajstić information content (AvgIpc) is 2.53. The standard InChI is InChI=1S/C18H25NO5/c1-11(2)14-6-5-12(3)9-16(14)24-13(4)17(20)19-7-8-23-10-15(19)18(21)22/h5-6,9,11,13,15H,7-8,10H2,1-4H3,(H,21,22). The third kappa shape index (κ3) is 4.06. The molecule has 1 aromatic rings. The van der Waals surface area contributed by atoms with Crippen LogP contribution >= 0.6 is 0 Å². The molecule has 0 radical (unpaired) electrons. The van der Waals surface area contributed by atoms with E-state index in [0.717, 1.165) is 11.1 Å². The van der Waals surface area contributed by atoms with Crippen LogP contribution in [0.2, 0.25) is 0 Å². The van der Waals surface area contributed by atoms with Crippen LogP contribution in [0.3, 0.4) is 0 Å². The number of carboxylic acids is 1. The first-order chi connectivity index (χ1) is 11.3. The van der Waals surface area contributed by atoms with Gasteiger partial charge in [-0.3, -0.25) is 4.79 Å². The molecule has 1 amide bonds. The first-order valence-electron chi connectivity index (χ1n) is 8.19. The molecule has 1 N–H and O–H groups in total. The molecule has 2 rings (SSSR count). The lowest BCUT2D eigenvalue weighted by molar-refractivity contribution is -0.161. The molecule has 0 saturated carbocycles. The van der Waals surface area contributed by atoms with Crippen molar-refractivity contribution in [3.05, 3.63) is 29.3 Å². The highest BCUT2D eigenvalue weighted by Crippen LogP contribution is 2.28. The summed E-state index contributed by atoms with van der Waals surface area (Å²) < 4.78 is 11.1. The number of nitrogens with zero attached hydrogens (tertiary/aromatic N) is 1. The lowest BCUT2D eigenvalue weighted by atomic mass is 10.0. The van der Waals surface area contributed by atoms with Crippen LogP contribution in [0.15, 0.2) is 18.2 Å². The lowest BCUT2D eigenvalue weighted by Crippen LogP contribution is -2.55. The Balaban J connectivity index is 2.17. The summed E-state index contributed by atoms with van der Waals surface area (Å²) in [6, 6.07) is 4.96. The molecule has 2 unspecified atom stereocenters. The smallest absolute Gasteiger partial charge is 0.328 e. The lowest BCUT2D eigenvalue weighted by Gasteiger charge is -2.34. The maximum Gasteiger partial charge on any atom is 0.328 e.